The summed E-state index contributed by atoms with van der Waals surface area (Å²) in [6.45, 7) is 4.98. The number of hydrazine groups is 1. The van der Waals surface area contributed by atoms with Gasteiger partial charge < -0.3 is 10.7 Å². The van der Waals surface area contributed by atoms with Gasteiger partial charge in [-0.3, -0.25) is 19.4 Å². The lowest BCUT2D eigenvalue weighted by Crippen LogP contribution is -2.55. The van der Waals surface area contributed by atoms with Gasteiger partial charge in [0.15, 0.2) is 5.11 Å². The highest BCUT2D eigenvalue weighted by Gasteiger charge is 2.37. The van der Waals surface area contributed by atoms with Crippen LogP contribution >= 0.6 is 23.6 Å². The Kier molecular flexibility index (Phi) is 7.21. The van der Waals surface area contributed by atoms with E-state index < -0.39 is 0 Å². The number of benzene rings is 1. The second-order valence-corrected chi connectivity index (χ2v) is 8.36. The van der Waals surface area contributed by atoms with Gasteiger partial charge in [-0.2, -0.15) is 0 Å². The molecule has 1 saturated heterocycles. The standard InChI is InChI=1S/C22H25N5O2S2/c1-3-26-20(28)17(21(29)27(4-2)22(26)30)12-16-10-11-19(31-16)18(23)14-25(24)13-15-8-6-5-7-9-15/h5-12,14H,3-4,13,23-24H2,1-2H3/b18-14-. The molecule has 2 amide bonds. The van der Waals surface area contributed by atoms with Gasteiger partial charge >= 0.3 is 0 Å². The molecule has 0 spiro atoms. The Morgan fingerprint density at radius 1 is 1.06 bits per heavy atom. The van der Waals surface area contributed by atoms with E-state index in [-0.39, 0.29) is 22.5 Å². The molecule has 1 aromatic carbocycles. The summed E-state index contributed by atoms with van der Waals surface area (Å²) in [5.74, 6) is 5.31. The van der Waals surface area contributed by atoms with Gasteiger partial charge in [0.05, 0.1) is 17.1 Å². The van der Waals surface area contributed by atoms with E-state index in [9.17, 15) is 9.59 Å². The lowest BCUT2D eigenvalue weighted by Gasteiger charge is -2.35. The fourth-order valence-corrected chi connectivity index (χ4v) is 4.49. The summed E-state index contributed by atoms with van der Waals surface area (Å²) in [7, 11) is 0. The second-order valence-electron chi connectivity index (χ2n) is 6.88. The van der Waals surface area contributed by atoms with Gasteiger partial charge in [0, 0.05) is 24.2 Å². The van der Waals surface area contributed by atoms with E-state index in [4.69, 9.17) is 23.8 Å². The Hall–Kier alpha value is -3.01. The molecule has 0 saturated carbocycles. The number of hydrogen-bond acceptors (Lipinski definition) is 7. The molecule has 162 valence electrons. The number of likely N-dealkylation sites (N-methyl/N-ethyl adjacent to an activating group) is 2. The first-order chi connectivity index (χ1) is 14.8. The van der Waals surface area contributed by atoms with Crippen LogP contribution in [0.25, 0.3) is 11.8 Å². The van der Waals surface area contributed by atoms with Crippen molar-refractivity contribution in [2.24, 2.45) is 11.6 Å². The monoisotopic (exact) mass is 455 g/mol. The third-order valence-corrected chi connectivity index (χ3v) is 6.28. The van der Waals surface area contributed by atoms with Crippen LogP contribution in [0.4, 0.5) is 0 Å². The summed E-state index contributed by atoms with van der Waals surface area (Å²) in [5.41, 5.74) is 7.88. The van der Waals surface area contributed by atoms with Crippen LogP contribution in [0.1, 0.15) is 29.2 Å². The average molecular weight is 456 g/mol. The van der Waals surface area contributed by atoms with Gasteiger partial charge in [-0.25, -0.2) is 5.84 Å². The first kappa shape index (κ1) is 22.7. The molecule has 2 aromatic rings. The highest BCUT2D eigenvalue weighted by atomic mass is 32.1. The SMILES string of the molecule is CCN1C(=O)C(=Cc2ccc(/C(N)=C/N(N)Cc3ccccc3)s2)C(=O)N(CC)C1=S. The van der Waals surface area contributed by atoms with Gasteiger partial charge in [-0.15, -0.1) is 11.3 Å². The molecule has 31 heavy (non-hydrogen) atoms. The number of nitrogens with two attached hydrogens (primary N) is 2. The molecule has 0 aliphatic carbocycles. The van der Waals surface area contributed by atoms with Gasteiger partial charge in [0.2, 0.25) is 0 Å². The van der Waals surface area contributed by atoms with E-state index in [1.54, 1.807) is 12.3 Å². The zero-order valence-electron chi connectivity index (χ0n) is 17.4. The van der Waals surface area contributed by atoms with Crippen molar-refractivity contribution in [3.05, 3.63) is 69.6 Å². The molecule has 3 rings (SSSR count). The highest BCUT2D eigenvalue weighted by molar-refractivity contribution is 7.80. The summed E-state index contributed by atoms with van der Waals surface area (Å²) in [4.78, 5) is 30.0. The molecule has 9 heteroatoms. The molecule has 0 bridgehead atoms. The Bertz CT molecular complexity index is 1020. The molecule has 0 radical (unpaired) electrons. The topological polar surface area (TPSA) is 95.9 Å². The fourth-order valence-electron chi connectivity index (χ4n) is 3.19. The maximum absolute atomic E-state index is 12.8. The molecular formula is C22H25N5O2S2. The van der Waals surface area contributed by atoms with Crippen molar-refractivity contribution in [3.63, 3.8) is 0 Å². The summed E-state index contributed by atoms with van der Waals surface area (Å²) in [6.07, 6.45) is 3.27. The van der Waals surface area contributed by atoms with Gasteiger partial charge in [0.1, 0.15) is 5.57 Å². The van der Waals surface area contributed by atoms with Crippen LogP contribution in [0.5, 0.6) is 0 Å². The van der Waals surface area contributed by atoms with Crippen LogP contribution in [0.15, 0.2) is 54.2 Å². The predicted molar refractivity (Wildman–Crippen MR) is 128 cm³/mol. The summed E-state index contributed by atoms with van der Waals surface area (Å²) < 4.78 is 0. The number of carbonyl (C=O) groups is 2. The van der Waals surface area contributed by atoms with Gasteiger partial charge in [0.25, 0.3) is 11.8 Å². The second kappa shape index (κ2) is 9.86. The number of hydrogen-bond donors (Lipinski definition) is 2. The fraction of sp³-hybridized carbons (Fsp3) is 0.227. The third-order valence-electron chi connectivity index (χ3n) is 4.76. The van der Waals surface area contributed by atoms with E-state index in [1.165, 1.54) is 26.1 Å². The third kappa shape index (κ3) is 5.01. The number of rotatable bonds is 7. The van der Waals surface area contributed by atoms with Crippen LogP contribution in [-0.2, 0) is 16.1 Å². The van der Waals surface area contributed by atoms with Crippen LogP contribution in [0, 0.1) is 0 Å². The normalized spacial score (nSPS) is 15.0. The zero-order chi connectivity index (χ0) is 22.5. The Labute approximate surface area is 191 Å². The van der Waals surface area contributed by atoms with Crippen molar-refractivity contribution in [2.75, 3.05) is 13.1 Å². The molecule has 0 unspecified atom stereocenters. The molecule has 4 N–H and O–H groups in total. The van der Waals surface area contributed by atoms with Crippen molar-refractivity contribution in [2.45, 2.75) is 20.4 Å². The van der Waals surface area contributed by atoms with Crippen molar-refractivity contribution in [1.29, 1.82) is 0 Å². The first-order valence-corrected chi connectivity index (χ1v) is 11.1. The summed E-state index contributed by atoms with van der Waals surface area (Å²) in [5, 5.41) is 1.77. The van der Waals surface area contributed by atoms with Crippen molar-refractivity contribution in [1.82, 2.24) is 14.8 Å². The van der Waals surface area contributed by atoms with E-state index in [0.717, 1.165) is 15.3 Å². The maximum atomic E-state index is 12.8. The summed E-state index contributed by atoms with van der Waals surface area (Å²) >= 11 is 6.67. The van der Waals surface area contributed by atoms with Crippen LogP contribution in [0.2, 0.25) is 0 Å². The van der Waals surface area contributed by atoms with Gasteiger partial charge in [-0.1, -0.05) is 30.3 Å². The van der Waals surface area contributed by atoms with E-state index in [2.05, 4.69) is 0 Å². The maximum Gasteiger partial charge on any atom is 0.265 e. The molecule has 1 aliphatic rings. The molecular weight excluding hydrogens is 430 g/mol. The molecule has 1 fully saturated rings. The van der Waals surface area contributed by atoms with Crippen molar-refractivity contribution < 1.29 is 9.59 Å². The molecule has 1 aliphatic heterocycles. The summed E-state index contributed by atoms with van der Waals surface area (Å²) in [6, 6.07) is 13.5. The first-order valence-electron chi connectivity index (χ1n) is 9.87. The molecule has 2 heterocycles. The van der Waals surface area contributed by atoms with Gasteiger partial charge in [-0.05, 0) is 49.8 Å². The Morgan fingerprint density at radius 2 is 1.68 bits per heavy atom. The number of nitrogens with zero attached hydrogens (tertiary/aromatic N) is 3. The lowest BCUT2D eigenvalue weighted by molar-refractivity contribution is -0.133. The zero-order valence-corrected chi connectivity index (χ0v) is 19.1. The van der Waals surface area contributed by atoms with E-state index in [0.29, 0.717) is 25.3 Å². The Balaban J connectivity index is 1.80. The molecule has 0 atom stereocenters. The van der Waals surface area contributed by atoms with Crippen molar-refractivity contribution >= 4 is 52.3 Å². The smallest absolute Gasteiger partial charge is 0.265 e. The van der Waals surface area contributed by atoms with Crippen LogP contribution in [0.3, 0.4) is 0 Å². The van der Waals surface area contributed by atoms with Crippen molar-refractivity contribution in [3.8, 4) is 0 Å². The average Bonchev–Trinajstić information content (AvgIpc) is 3.21. The lowest BCUT2D eigenvalue weighted by atomic mass is 10.1. The predicted octanol–water partition coefficient (Wildman–Crippen LogP) is 2.76. The number of carbonyl (C=O) groups excluding carboxylic acids is 2. The minimum atomic E-state index is -0.378. The van der Waals surface area contributed by atoms with E-state index in [1.807, 2.05) is 56.3 Å². The minimum Gasteiger partial charge on any atom is -0.396 e. The molecule has 1 aromatic heterocycles. The number of amides is 2. The molecule has 7 nitrogen and oxygen atoms in total. The number of thiophene rings is 1. The quantitative estimate of drug-likeness (QED) is 0.219. The van der Waals surface area contributed by atoms with E-state index >= 15 is 0 Å². The largest absolute Gasteiger partial charge is 0.396 e. The Morgan fingerprint density at radius 3 is 2.26 bits per heavy atom. The van der Waals surface area contributed by atoms with Crippen LogP contribution < -0.4 is 11.6 Å². The van der Waals surface area contributed by atoms with Crippen LogP contribution in [-0.4, -0.2) is 44.8 Å². The highest BCUT2D eigenvalue weighted by Crippen LogP contribution is 2.26. The minimum absolute atomic E-state index is 0.0952. The number of thiocarbonyl (C=S) groups is 1.